The van der Waals surface area contributed by atoms with E-state index in [0.717, 1.165) is 4.47 Å². The van der Waals surface area contributed by atoms with Gasteiger partial charge in [-0.05, 0) is 17.7 Å². The first-order valence-electron chi connectivity index (χ1n) is 4.34. The lowest BCUT2D eigenvalue weighted by Crippen LogP contribution is -1.99. The van der Waals surface area contributed by atoms with Crippen LogP contribution in [0.4, 0.5) is 5.88 Å². The Bertz CT molecular complexity index is 533. The van der Waals surface area contributed by atoms with Crippen molar-refractivity contribution in [3.63, 3.8) is 0 Å². The van der Waals surface area contributed by atoms with Crippen LogP contribution in [0, 0.1) is 0 Å². The maximum Gasteiger partial charge on any atom is 0.358 e. The molecule has 0 unspecified atom stereocenters. The van der Waals surface area contributed by atoms with E-state index in [4.69, 9.17) is 10.8 Å². The second-order valence-corrected chi connectivity index (χ2v) is 4.00. The summed E-state index contributed by atoms with van der Waals surface area (Å²) in [5, 5.41) is 12.3. The van der Waals surface area contributed by atoms with Crippen LogP contribution in [0.5, 0.6) is 0 Å². The molecular formula is C10H7BrN2O3. The van der Waals surface area contributed by atoms with Crippen molar-refractivity contribution in [3.8, 4) is 11.1 Å². The van der Waals surface area contributed by atoms with Gasteiger partial charge in [0.1, 0.15) is 0 Å². The Labute approximate surface area is 99.0 Å². The summed E-state index contributed by atoms with van der Waals surface area (Å²) in [7, 11) is 0. The van der Waals surface area contributed by atoms with Gasteiger partial charge in [-0.15, -0.1) is 0 Å². The topological polar surface area (TPSA) is 89.4 Å². The van der Waals surface area contributed by atoms with Crippen LogP contribution in [0.1, 0.15) is 10.5 Å². The number of benzene rings is 1. The van der Waals surface area contributed by atoms with Crippen LogP contribution in [0.25, 0.3) is 11.1 Å². The first-order chi connectivity index (χ1) is 7.59. The average molecular weight is 283 g/mol. The summed E-state index contributed by atoms with van der Waals surface area (Å²) >= 11 is 3.29. The van der Waals surface area contributed by atoms with E-state index in [1.165, 1.54) is 0 Å². The molecule has 0 aliphatic rings. The Morgan fingerprint density at radius 3 is 2.56 bits per heavy atom. The molecule has 0 spiro atoms. The molecule has 16 heavy (non-hydrogen) atoms. The predicted octanol–water partition coefficient (Wildman–Crippen LogP) is 2.38. The van der Waals surface area contributed by atoms with Gasteiger partial charge in [0.05, 0.1) is 5.56 Å². The number of nitrogen functional groups attached to an aromatic ring is 1. The zero-order valence-electron chi connectivity index (χ0n) is 7.98. The lowest BCUT2D eigenvalue weighted by molar-refractivity contribution is 0.0686. The highest BCUT2D eigenvalue weighted by atomic mass is 79.9. The number of hydrogen-bond acceptors (Lipinski definition) is 4. The highest BCUT2D eigenvalue weighted by Gasteiger charge is 2.20. The molecule has 2 rings (SSSR count). The number of aromatic nitrogens is 1. The molecule has 1 aromatic carbocycles. The number of carboxylic acids is 1. The van der Waals surface area contributed by atoms with Gasteiger partial charge in [0.15, 0.2) is 0 Å². The molecule has 0 aliphatic heterocycles. The Kier molecular flexibility index (Phi) is 2.66. The third-order valence-corrected chi connectivity index (χ3v) is 2.58. The van der Waals surface area contributed by atoms with Gasteiger partial charge >= 0.3 is 5.97 Å². The van der Waals surface area contributed by atoms with Crippen molar-refractivity contribution in [2.24, 2.45) is 0 Å². The van der Waals surface area contributed by atoms with Crippen molar-refractivity contribution in [1.82, 2.24) is 5.16 Å². The van der Waals surface area contributed by atoms with Gasteiger partial charge in [-0.1, -0.05) is 33.2 Å². The Morgan fingerprint density at radius 1 is 1.38 bits per heavy atom. The minimum absolute atomic E-state index is 0.000257. The number of rotatable bonds is 2. The quantitative estimate of drug-likeness (QED) is 0.883. The van der Waals surface area contributed by atoms with E-state index in [-0.39, 0.29) is 11.6 Å². The number of aromatic carboxylic acids is 1. The van der Waals surface area contributed by atoms with Crippen molar-refractivity contribution in [3.05, 3.63) is 34.4 Å². The summed E-state index contributed by atoms with van der Waals surface area (Å²) in [6.45, 7) is 0. The number of halogens is 1. The summed E-state index contributed by atoms with van der Waals surface area (Å²) in [4.78, 5) is 10.9. The van der Waals surface area contributed by atoms with Gasteiger partial charge in [-0.25, -0.2) is 4.79 Å². The van der Waals surface area contributed by atoms with Gasteiger partial charge in [-0.2, -0.15) is 0 Å². The second kappa shape index (κ2) is 3.97. The van der Waals surface area contributed by atoms with Crippen molar-refractivity contribution >= 4 is 27.8 Å². The normalized spacial score (nSPS) is 10.3. The van der Waals surface area contributed by atoms with Gasteiger partial charge in [0, 0.05) is 4.47 Å². The van der Waals surface area contributed by atoms with Crippen molar-refractivity contribution in [2.45, 2.75) is 0 Å². The first kappa shape index (κ1) is 10.7. The standard InChI is InChI=1S/C10H7BrN2O3/c11-6-3-1-5(2-4-6)7-8(10(14)15)13-16-9(7)12/h1-4H,12H2,(H,14,15). The fraction of sp³-hybridized carbons (Fsp3) is 0. The van der Waals surface area contributed by atoms with Crippen LogP contribution >= 0.6 is 15.9 Å². The van der Waals surface area contributed by atoms with E-state index in [2.05, 4.69) is 25.6 Å². The molecule has 2 aromatic rings. The third kappa shape index (κ3) is 1.79. The molecule has 0 aliphatic carbocycles. The fourth-order valence-corrected chi connectivity index (χ4v) is 1.61. The third-order valence-electron chi connectivity index (χ3n) is 2.05. The Hall–Kier alpha value is -1.82. The number of nitrogens with zero attached hydrogens (tertiary/aromatic N) is 1. The van der Waals surface area contributed by atoms with E-state index in [0.29, 0.717) is 11.1 Å². The maximum absolute atomic E-state index is 10.9. The van der Waals surface area contributed by atoms with Gasteiger partial charge in [0.25, 0.3) is 0 Å². The number of carbonyl (C=O) groups is 1. The number of nitrogens with two attached hydrogens (primary N) is 1. The molecular weight excluding hydrogens is 276 g/mol. The molecule has 1 heterocycles. The van der Waals surface area contributed by atoms with E-state index >= 15 is 0 Å². The Balaban J connectivity index is 2.58. The zero-order valence-corrected chi connectivity index (χ0v) is 9.56. The predicted molar refractivity (Wildman–Crippen MR) is 61.0 cm³/mol. The van der Waals surface area contributed by atoms with Crippen LogP contribution in [0.3, 0.4) is 0 Å². The summed E-state index contributed by atoms with van der Waals surface area (Å²) in [5.41, 5.74) is 6.32. The molecule has 0 atom stereocenters. The zero-order chi connectivity index (χ0) is 11.7. The average Bonchev–Trinajstić information content (AvgIpc) is 2.62. The maximum atomic E-state index is 10.9. The van der Waals surface area contributed by atoms with Crippen LogP contribution in [0.15, 0.2) is 33.3 Å². The lowest BCUT2D eigenvalue weighted by Gasteiger charge is -1.99. The molecule has 82 valence electrons. The van der Waals surface area contributed by atoms with E-state index in [9.17, 15) is 4.79 Å². The molecule has 0 radical (unpaired) electrons. The minimum Gasteiger partial charge on any atom is -0.476 e. The molecule has 0 saturated carbocycles. The highest BCUT2D eigenvalue weighted by Crippen LogP contribution is 2.30. The molecule has 3 N–H and O–H groups in total. The molecule has 0 fully saturated rings. The van der Waals surface area contributed by atoms with E-state index in [1.54, 1.807) is 24.3 Å². The summed E-state index contributed by atoms with van der Waals surface area (Å²) in [6, 6.07) is 7.04. The van der Waals surface area contributed by atoms with E-state index in [1.807, 2.05) is 0 Å². The Morgan fingerprint density at radius 2 is 2.00 bits per heavy atom. The SMILES string of the molecule is Nc1onc(C(=O)O)c1-c1ccc(Br)cc1. The van der Waals surface area contributed by atoms with Crippen LogP contribution in [0.2, 0.25) is 0 Å². The molecule has 0 amide bonds. The molecule has 6 heteroatoms. The minimum atomic E-state index is -1.17. The number of carboxylic acid groups (broad SMARTS) is 1. The van der Waals surface area contributed by atoms with Gasteiger partial charge < -0.3 is 15.4 Å². The lowest BCUT2D eigenvalue weighted by atomic mass is 10.1. The summed E-state index contributed by atoms with van der Waals surface area (Å²) < 4.78 is 5.57. The van der Waals surface area contributed by atoms with E-state index < -0.39 is 5.97 Å². The monoisotopic (exact) mass is 282 g/mol. The van der Waals surface area contributed by atoms with Gasteiger partial charge in [-0.3, -0.25) is 0 Å². The molecule has 0 saturated heterocycles. The molecule has 5 nitrogen and oxygen atoms in total. The fourth-order valence-electron chi connectivity index (χ4n) is 1.34. The first-order valence-corrected chi connectivity index (χ1v) is 5.13. The molecule has 1 aromatic heterocycles. The summed E-state index contributed by atoms with van der Waals surface area (Å²) in [5.74, 6) is -1.17. The van der Waals surface area contributed by atoms with Crippen molar-refractivity contribution < 1.29 is 14.4 Å². The van der Waals surface area contributed by atoms with Crippen molar-refractivity contribution in [2.75, 3.05) is 5.73 Å². The number of anilines is 1. The highest BCUT2D eigenvalue weighted by molar-refractivity contribution is 9.10. The number of hydrogen-bond donors (Lipinski definition) is 2. The summed E-state index contributed by atoms with van der Waals surface area (Å²) in [6.07, 6.45) is 0. The van der Waals surface area contributed by atoms with Crippen LogP contribution in [-0.2, 0) is 0 Å². The van der Waals surface area contributed by atoms with Crippen molar-refractivity contribution in [1.29, 1.82) is 0 Å². The largest absolute Gasteiger partial charge is 0.476 e. The molecule has 0 bridgehead atoms. The van der Waals surface area contributed by atoms with Crippen LogP contribution < -0.4 is 5.73 Å². The van der Waals surface area contributed by atoms with Crippen LogP contribution in [-0.4, -0.2) is 16.2 Å². The van der Waals surface area contributed by atoms with Gasteiger partial charge in [0.2, 0.25) is 11.6 Å². The second-order valence-electron chi connectivity index (χ2n) is 3.08. The smallest absolute Gasteiger partial charge is 0.358 e.